The van der Waals surface area contributed by atoms with Gasteiger partial charge in [0, 0.05) is 23.2 Å². The lowest BCUT2D eigenvalue weighted by Gasteiger charge is -2.14. The van der Waals surface area contributed by atoms with E-state index in [1.165, 1.54) is 6.07 Å². The van der Waals surface area contributed by atoms with Gasteiger partial charge in [-0.05, 0) is 25.5 Å². The summed E-state index contributed by atoms with van der Waals surface area (Å²) < 4.78 is 0.775. The fourth-order valence-electron chi connectivity index (χ4n) is 1.31. The van der Waals surface area contributed by atoms with Crippen LogP contribution in [0.25, 0.3) is 0 Å². The van der Waals surface area contributed by atoms with Crippen molar-refractivity contribution in [2.24, 2.45) is 0 Å². The molecule has 0 bridgehead atoms. The molecular formula is C10H13BrN2O3. The highest BCUT2D eigenvalue weighted by Gasteiger charge is 2.15. The second-order valence-electron chi connectivity index (χ2n) is 3.48. The average Bonchev–Trinajstić information content (AvgIpc) is 2.17. The second-order valence-corrected chi connectivity index (χ2v) is 4.39. The molecule has 1 unspecified atom stereocenters. The van der Waals surface area contributed by atoms with Gasteiger partial charge in [-0.3, -0.25) is 10.1 Å². The summed E-state index contributed by atoms with van der Waals surface area (Å²) in [6, 6.07) is 4.71. The largest absolute Gasteiger partial charge is 0.396 e. The number of nitro benzene ring substituents is 1. The van der Waals surface area contributed by atoms with Crippen LogP contribution in [0.4, 0.5) is 11.4 Å². The van der Waals surface area contributed by atoms with Crippen molar-refractivity contribution in [3.8, 4) is 0 Å². The first-order valence-corrected chi connectivity index (χ1v) is 5.65. The van der Waals surface area contributed by atoms with Gasteiger partial charge < -0.3 is 10.4 Å². The number of anilines is 1. The summed E-state index contributed by atoms with van der Waals surface area (Å²) in [5, 5.41) is 22.5. The highest BCUT2D eigenvalue weighted by atomic mass is 79.9. The van der Waals surface area contributed by atoms with Gasteiger partial charge in [0.05, 0.1) is 4.92 Å². The zero-order valence-electron chi connectivity index (χ0n) is 8.81. The van der Waals surface area contributed by atoms with Crippen LogP contribution in [0.5, 0.6) is 0 Å². The Morgan fingerprint density at radius 2 is 2.31 bits per heavy atom. The molecule has 0 fully saturated rings. The van der Waals surface area contributed by atoms with Crippen LogP contribution in [0, 0.1) is 10.1 Å². The van der Waals surface area contributed by atoms with E-state index in [0.29, 0.717) is 12.1 Å². The number of aliphatic hydroxyl groups is 1. The molecule has 0 aromatic heterocycles. The number of rotatable bonds is 5. The Morgan fingerprint density at radius 3 is 2.88 bits per heavy atom. The minimum absolute atomic E-state index is 0.0157. The maximum absolute atomic E-state index is 10.8. The van der Waals surface area contributed by atoms with Crippen LogP contribution in [0.1, 0.15) is 13.3 Å². The number of nitrogens with zero attached hydrogens (tertiary/aromatic N) is 1. The molecule has 5 nitrogen and oxygen atoms in total. The zero-order valence-corrected chi connectivity index (χ0v) is 10.4. The molecule has 1 atom stereocenters. The number of hydrogen-bond acceptors (Lipinski definition) is 4. The average molecular weight is 289 g/mol. The van der Waals surface area contributed by atoms with Gasteiger partial charge >= 0.3 is 0 Å². The van der Waals surface area contributed by atoms with Gasteiger partial charge in [0.15, 0.2) is 0 Å². The number of nitro groups is 1. The molecule has 1 aromatic rings. The fraction of sp³-hybridized carbons (Fsp3) is 0.400. The summed E-state index contributed by atoms with van der Waals surface area (Å²) in [5.41, 5.74) is 0.494. The SMILES string of the molecule is CC(CCO)Nc1cc(Br)ccc1[N+](=O)[O-]. The van der Waals surface area contributed by atoms with Crippen LogP contribution in [0.15, 0.2) is 22.7 Å². The van der Waals surface area contributed by atoms with Gasteiger partial charge in [0.2, 0.25) is 0 Å². The fourth-order valence-corrected chi connectivity index (χ4v) is 1.68. The number of nitrogens with one attached hydrogen (secondary N) is 1. The molecule has 0 saturated carbocycles. The van der Waals surface area contributed by atoms with Crippen molar-refractivity contribution in [3.05, 3.63) is 32.8 Å². The van der Waals surface area contributed by atoms with E-state index in [9.17, 15) is 10.1 Å². The molecule has 0 aliphatic heterocycles. The lowest BCUT2D eigenvalue weighted by molar-refractivity contribution is -0.384. The van der Waals surface area contributed by atoms with E-state index in [1.807, 2.05) is 6.92 Å². The molecule has 0 amide bonds. The first-order valence-electron chi connectivity index (χ1n) is 4.86. The molecule has 0 aliphatic rings. The van der Waals surface area contributed by atoms with Gasteiger partial charge in [0.1, 0.15) is 5.69 Å². The van der Waals surface area contributed by atoms with E-state index >= 15 is 0 Å². The van der Waals surface area contributed by atoms with Gasteiger partial charge in [-0.1, -0.05) is 15.9 Å². The minimum atomic E-state index is -0.430. The molecule has 1 aromatic carbocycles. The lowest BCUT2D eigenvalue weighted by Crippen LogP contribution is -2.17. The number of halogens is 1. The van der Waals surface area contributed by atoms with Crippen molar-refractivity contribution < 1.29 is 10.0 Å². The second kappa shape index (κ2) is 5.81. The Bertz CT molecular complexity index is 384. The normalized spacial score (nSPS) is 12.2. The summed E-state index contributed by atoms with van der Waals surface area (Å²) in [5.74, 6) is 0. The minimum Gasteiger partial charge on any atom is -0.396 e. The van der Waals surface area contributed by atoms with Crippen molar-refractivity contribution in [1.29, 1.82) is 0 Å². The zero-order chi connectivity index (χ0) is 12.1. The molecule has 0 heterocycles. The summed E-state index contributed by atoms with van der Waals surface area (Å²) in [6.45, 7) is 1.91. The Labute approximate surface area is 102 Å². The predicted octanol–water partition coefficient (Wildman–Crippen LogP) is 2.54. The van der Waals surface area contributed by atoms with Crippen LogP contribution in [0.3, 0.4) is 0 Å². The summed E-state index contributed by atoms with van der Waals surface area (Å²) in [7, 11) is 0. The van der Waals surface area contributed by atoms with E-state index in [2.05, 4.69) is 21.2 Å². The highest BCUT2D eigenvalue weighted by molar-refractivity contribution is 9.10. The summed E-state index contributed by atoms with van der Waals surface area (Å²) >= 11 is 3.26. The third kappa shape index (κ3) is 3.46. The van der Waals surface area contributed by atoms with Gasteiger partial charge in [-0.25, -0.2) is 0 Å². The molecule has 16 heavy (non-hydrogen) atoms. The first-order chi connectivity index (χ1) is 7.54. The van der Waals surface area contributed by atoms with Crippen LogP contribution in [0.2, 0.25) is 0 Å². The van der Waals surface area contributed by atoms with Crippen molar-refractivity contribution in [2.75, 3.05) is 11.9 Å². The third-order valence-electron chi connectivity index (χ3n) is 2.12. The van der Waals surface area contributed by atoms with E-state index in [-0.39, 0.29) is 18.3 Å². The Hall–Kier alpha value is -1.14. The molecule has 0 aliphatic carbocycles. The van der Waals surface area contributed by atoms with Crippen molar-refractivity contribution in [3.63, 3.8) is 0 Å². The third-order valence-corrected chi connectivity index (χ3v) is 2.61. The maximum atomic E-state index is 10.8. The van der Waals surface area contributed by atoms with Crippen molar-refractivity contribution in [1.82, 2.24) is 0 Å². The first kappa shape index (κ1) is 12.9. The molecule has 6 heteroatoms. The molecule has 0 spiro atoms. The van der Waals surface area contributed by atoms with Gasteiger partial charge in [-0.15, -0.1) is 0 Å². The summed E-state index contributed by atoms with van der Waals surface area (Å²) in [4.78, 5) is 10.3. The molecule has 0 radical (unpaired) electrons. The van der Waals surface area contributed by atoms with E-state index < -0.39 is 4.92 Å². The van der Waals surface area contributed by atoms with Crippen molar-refractivity contribution >= 4 is 27.3 Å². The highest BCUT2D eigenvalue weighted by Crippen LogP contribution is 2.28. The van der Waals surface area contributed by atoms with Crippen LogP contribution >= 0.6 is 15.9 Å². The summed E-state index contributed by atoms with van der Waals surface area (Å²) in [6.07, 6.45) is 0.545. The number of aliphatic hydroxyl groups excluding tert-OH is 1. The van der Waals surface area contributed by atoms with Gasteiger partial charge in [-0.2, -0.15) is 0 Å². The molecule has 88 valence electrons. The molecule has 0 saturated heterocycles. The topological polar surface area (TPSA) is 75.4 Å². The predicted molar refractivity (Wildman–Crippen MR) is 65.6 cm³/mol. The van der Waals surface area contributed by atoms with Crippen LogP contribution in [-0.2, 0) is 0 Å². The smallest absolute Gasteiger partial charge is 0.292 e. The molecule has 2 N–H and O–H groups in total. The quantitative estimate of drug-likeness (QED) is 0.645. The number of hydrogen-bond donors (Lipinski definition) is 2. The van der Waals surface area contributed by atoms with Crippen LogP contribution in [-0.4, -0.2) is 22.7 Å². The van der Waals surface area contributed by atoms with Gasteiger partial charge in [0.25, 0.3) is 5.69 Å². The van der Waals surface area contributed by atoms with E-state index in [0.717, 1.165) is 4.47 Å². The lowest BCUT2D eigenvalue weighted by atomic mass is 10.2. The molecule has 1 rings (SSSR count). The number of benzene rings is 1. The maximum Gasteiger partial charge on any atom is 0.292 e. The monoisotopic (exact) mass is 288 g/mol. The Morgan fingerprint density at radius 1 is 1.62 bits per heavy atom. The molecular weight excluding hydrogens is 276 g/mol. The van der Waals surface area contributed by atoms with Crippen molar-refractivity contribution in [2.45, 2.75) is 19.4 Å². The Balaban J connectivity index is 2.92. The Kier molecular flexibility index (Phi) is 4.70. The van der Waals surface area contributed by atoms with Crippen LogP contribution < -0.4 is 5.32 Å². The standard InChI is InChI=1S/C10H13BrN2O3/c1-7(4-5-14)12-9-6-8(11)2-3-10(9)13(15)16/h2-3,6-7,12,14H,4-5H2,1H3. The van der Waals surface area contributed by atoms with E-state index in [1.54, 1.807) is 12.1 Å². The van der Waals surface area contributed by atoms with E-state index in [4.69, 9.17) is 5.11 Å².